The Morgan fingerprint density at radius 3 is 2.52 bits per heavy atom. The van der Waals surface area contributed by atoms with E-state index in [4.69, 9.17) is 9.84 Å². The van der Waals surface area contributed by atoms with E-state index in [0.29, 0.717) is 50.0 Å². The van der Waals surface area contributed by atoms with E-state index in [0.717, 1.165) is 34.9 Å². The van der Waals surface area contributed by atoms with Crippen molar-refractivity contribution in [1.82, 2.24) is 9.88 Å². The summed E-state index contributed by atoms with van der Waals surface area (Å²) in [6.07, 6.45) is 4.82. The molecule has 3 aromatic rings. The van der Waals surface area contributed by atoms with Crippen molar-refractivity contribution in [1.29, 1.82) is 0 Å². The van der Waals surface area contributed by atoms with Crippen LogP contribution in [0.1, 0.15) is 60.1 Å². The standard InChI is InChI=1S/C26H30N2O5/c29-24(30)14-5-6-15-33-23-13-4-1-8-18(23)17-28-22-12-3-2-11-20(22)21(25(28)26(31)32)16-27-19-9-7-10-19/h1-4,8,11-13,19,27H,5-7,9-10,14-17H2,(H,29,30)(H,31,32). The summed E-state index contributed by atoms with van der Waals surface area (Å²) in [5, 5.41) is 23.4. The minimum Gasteiger partial charge on any atom is -0.493 e. The van der Waals surface area contributed by atoms with Crippen LogP contribution >= 0.6 is 0 Å². The molecule has 0 unspecified atom stereocenters. The largest absolute Gasteiger partial charge is 0.493 e. The quantitative estimate of drug-likeness (QED) is 0.347. The van der Waals surface area contributed by atoms with E-state index < -0.39 is 11.9 Å². The molecule has 1 aliphatic rings. The number of nitrogens with zero attached hydrogens (tertiary/aromatic N) is 1. The molecule has 0 amide bonds. The highest BCUT2D eigenvalue weighted by Crippen LogP contribution is 2.30. The molecule has 3 N–H and O–H groups in total. The zero-order valence-corrected chi connectivity index (χ0v) is 18.6. The molecule has 0 spiro atoms. The zero-order valence-electron chi connectivity index (χ0n) is 18.6. The van der Waals surface area contributed by atoms with Crippen molar-refractivity contribution in [3.8, 4) is 5.75 Å². The number of aromatic nitrogens is 1. The summed E-state index contributed by atoms with van der Waals surface area (Å²) in [6, 6.07) is 15.9. The smallest absolute Gasteiger partial charge is 0.352 e. The van der Waals surface area contributed by atoms with Crippen LogP contribution < -0.4 is 10.1 Å². The van der Waals surface area contributed by atoms with Crippen molar-refractivity contribution in [3.63, 3.8) is 0 Å². The summed E-state index contributed by atoms with van der Waals surface area (Å²) in [6.45, 7) is 1.32. The van der Waals surface area contributed by atoms with Crippen LogP contribution in [0.25, 0.3) is 10.9 Å². The molecule has 0 aliphatic heterocycles. The molecule has 1 saturated carbocycles. The second kappa shape index (κ2) is 10.5. The number of nitrogens with one attached hydrogen (secondary N) is 1. The van der Waals surface area contributed by atoms with Gasteiger partial charge in [0.05, 0.1) is 13.2 Å². The lowest BCUT2D eigenvalue weighted by Crippen LogP contribution is -2.34. The Morgan fingerprint density at radius 2 is 1.79 bits per heavy atom. The number of hydrogen-bond acceptors (Lipinski definition) is 4. The average Bonchev–Trinajstić information content (AvgIpc) is 3.07. The van der Waals surface area contributed by atoms with Crippen LogP contribution in [0.15, 0.2) is 48.5 Å². The van der Waals surface area contributed by atoms with Crippen LogP contribution in [0.5, 0.6) is 5.75 Å². The zero-order chi connectivity index (χ0) is 23.2. The maximum absolute atomic E-state index is 12.4. The van der Waals surface area contributed by atoms with Gasteiger partial charge in [-0.3, -0.25) is 4.79 Å². The third-order valence-electron chi connectivity index (χ3n) is 6.29. The minimum absolute atomic E-state index is 0.125. The second-order valence-electron chi connectivity index (χ2n) is 8.55. The van der Waals surface area contributed by atoms with Crippen molar-refractivity contribution < 1.29 is 24.5 Å². The van der Waals surface area contributed by atoms with E-state index in [1.165, 1.54) is 6.42 Å². The number of para-hydroxylation sites is 2. The molecule has 7 heteroatoms. The molecule has 1 fully saturated rings. The minimum atomic E-state index is -0.941. The number of unbranched alkanes of at least 4 members (excludes halogenated alkanes) is 1. The van der Waals surface area contributed by atoms with Gasteiger partial charge in [0.2, 0.25) is 0 Å². The van der Waals surface area contributed by atoms with Gasteiger partial charge in [-0.25, -0.2) is 4.79 Å². The first-order chi connectivity index (χ1) is 16.0. The van der Waals surface area contributed by atoms with Crippen LogP contribution in [0.2, 0.25) is 0 Å². The number of hydrogen-bond donors (Lipinski definition) is 3. The number of fused-ring (bicyclic) bond motifs is 1. The fourth-order valence-electron chi connectivity index (χ4n) is 4.33. The molecule has 0 radical (unpaired) electrons. The highest BCUT2D eigenvalue weighted by Gasteiger charge is 2.24. The molecule has 0 bridgehead atoms. The molecule has 1 aromatic heterocycles. The van der Waals surface area contributed by atoms with Crippen molar-refractivity contribution in [3.05, 3.63) is 65.4 Å². The number of aliphatic carboxylic acids is 1. The molecule has 4 rings (SSSR count). The first-order valence-corrected chi connectivity index (χ1v) is 11.5. The first kappa shape index (κ1) is 22.9. The molecule has 0 atom stereocenters. The van der Waals surface area contributed by atoms with Gasteiger partial charge in [0.25, 0.3) is 0 Å². The van der Waals surface area contributed by atoms with Gasteiger partial charge >= 0.3 is 11.9 Å². The van der Waals surface area contributed by atoms with Crippen molar-refractivity contribution in [2.24, 2.45) is 0 Å². The first-order valence-electron chi connectivity index (χ1n) is 11.5. The Bertz CT molecular complexity index is 1130. The molecule has 0 saturated heterocycles. The van der Waals surface area contributed by atoms with Crippen molar-refractivity contribution in [2.75, 3.05) is 6.61 Å². The number of ether oxygens (including phenoxy) is 1. The van der Waals surface area contributed by atoms with Crippen LogP contribution in [0.3, 0.4) is 0 Å². The normalized spacial score (nSPS) is 13.7. The van der Waals surface area contributed by atoms with Gasteiger partial charge < -0.3 is 24.8 Å². The maximum atomic E-state index is 12.4. The number of carboxylic acid groups (broad SMARTS) is 2. The van der Waals surface area contributed by atoms with Gasteiger partial charge in [0.1, 0.15) is 11.4 Å². The number of carboxylic acids is 2. The van der Waals surface area contributed by atoms with E-state index in [2.05, 4.69) is 5.32 Å². The van der Waals surface area contributed by atoms with Crippen molar-refractivity contribution in [2.45, 2.75) is 57.7 Å². The molecule has 1 heterocycles. The lowest BCUT2D eigenvalue weighted by Gasteiger charge is -2.26. The van der Waals surface area contributed by atoms with Crippen molar-refractivity contribution >= 4 is 22.8 Å². The summed E-state index contributed by atoms with van der Waals surface area (Å²) in [4.78, 5) is 23.1. The van der Waals surface area contributed by atoms with Crippen LogP contribution in [-0.4, -0.2) is 39.4 Å². The number of carbonyl (C=O) groups is 2. The maximum Gasteiger partial charge on any atom is 0.352 e. The third-order valence-corrected chi connectivity index (χ3v) is 6.29. The van der Waals surface area contributed by atoms with E-state index in [-0.39, 0.29) is 6.42 Å². The molecule has 1 aliphatic carbocycles. The van der Waals surface area contributed by atoms with E-state index >= 15 is 0 Å². The van der Waals surface area contributed by atoms with Gasteiger partial charge in [-0.2, -0.15) is 0 Å². The summed E-state index contributed by atoms with van der Waals surface area (Å²) < 4.78 is 7.81. The highest BCUT2D eigenvalue weighted by atomic mass is 16.5. The number of aromatic carboxylic acids is 1. The highest BCUT2D eigenvalue weighted by molar-refractivity contribution is 5.98. The number of rotatable bonds is 12. The summed E-state index contributed by atoms with van der Waals surface area (Å²) in [5.41, 5.74) is 2.89. The SMILES string of the molecule is O=C(O)CCCCOc1ccccc1Cn1c(C(=O)O)c(CNC2CCC2)c2ccccc21. The Morgan fingerprint density at radius 1 is 1.03 bits per heavy atom. The Labute approximate surface area is 193 Å². The van der Waals surface area contributed by atoms with Gasteiger partial charge in [-0.05, 0) is 37.8 Å². The van der Waals surface area contributed by atoms with Gasteiger partial charge in [0, 0.05) is 41.0 Å². The monoisotopic (exact) mass is 450 g/mol. The Balaban J connectivity index is 1.60. The molecular formula is C26H30N2O5. The lowest BCUT2D eigenvalue weighted by molar-refractivity contribution is -0.137. The van der Waals surface area contributed by atoms with E-state index in [9.17, 15) is 14.7 Å². The summed E-state index contributed by atoms with van der Waals surface area (Å²) in [7, 11) is 0. The van der Waals surface area contributed by atoms with Gasteiger partial charge in [0.15, 0.2) is 0 Å². The third kappa shape index (κ3) is 5.37. The fraction of sp³-hybridized carbons (Fsp3) is 0.385. The van der Waals surface area contributed by atoms with E-state index in [1.807, 2.05) is 53.1 Å². The van der Waals surface area contributed by atoms with Gasteiger partial charge in [-0.15, -0.1) is 0 Å². The molecule has 174 valence electrons. The van der Waals surface area contributed by atoms with Crippen LogP contribution in [0.4, 0.5) is 0 Å². The predicted octanol–water partition coefficient (Wildman–Crippen LogP) is 4.66. The second-order valence-corrected chi connectivity index (χ2v) is 8.55. The summed E-state index contributed by atoms with van der Waals surface area (Å²) in [5.74, 6) is -1.06. The lowest BCUT2D eigenvalue weighted by atomic mass is 9.93. The average molecular weight is 451 g/mol. The van der Waals surface area contributed by atoms with E-state index in [1.54, 1.807) is 0 Å². The predicted molar refractivity (Wildman–Crippen MR) is 126 cm³/mol. The summed E-state index contributed by atoms with van der Waals surface area (Å²) >= 11 is 0. The van der Waals surface area contributed by atoms with Gasteiger partial charge in [-0.1, -0.05) is 42.8 Å². The Hall–Kier alpha value is -3.32. The molecular weight excluding hydrogens is 420 g/mol. The van der Waals surface area contributed by atoms with Crippen LogP contribution in [-0.2, 0) is 17.9 Å². The number of benzene rings is 2. The molecule has 33 heavy (non-hydrogen) atoms. The molecule has 2 aromatic carbocycles. The van der Waals surface area contributed by atoms with Crippen LogP contribution in [0, 0.1) is 0 Å². The molecule has 7 nitrogen and oxygen atoms in total. The fourth-order valence-corrected chi connectivity index (χ4v) is 4.33. The Kier molecular flexibility index (Phi) is 7.29. The topological polar surface area (TPSA) is 101 Å².